The van der Waals surface area contributed by atoms with Crippen molar-refractivity contribution in [1.82, 2.24) is 29.6 Å². The standard InChI is InChI=1S/C24H25ClFN7O.C2HF3O2/c1-27-17-9-10-33-23(19(11-17)15-3-5-16(26)6-4-15)30-24(31-33)29-18-7-8-20(21(12-18)34-2)32-13-22(25)28-14-32;3-2(4,5)1(6)7/h3-8,12-14,17,19,27H,9-11H2,1-2H3,(H,29,31);(H,6,7). The van der Waals surface area contributed by atoms with Gasteiger partial charge in [-0.25, -0.2) is 18.9 Å². The highest BCUT2D eigenvalue weighted by atomic mass is 35.5. The van der Waals surface area contributed by atoms with Gasteiger partial charge in [0.05, 0.1) is 12.8 Å². The second kappa shape index (κ2) is 12.6. The fourth-order valence-electron chi connectivity index (χ4n) is 4.39. The molecule has 15 heteroatoms. The zero-order valence-electron chi connectivity index (χ0n) is 21.9. The molecule has 5 rings (SSSR count). The summed E-state index contributed by atoms with van der Waals surface area (Å²) in [6, 6.07) is 12.7. The number of carbonyl (C=O) groups is 1. The van der Waals surface area contributed by atoms with Crippen LogP contribution < -0.4 is 15.4 Å². The molecule has 1 aliphatic rings. The van der Waals surface area contributed by atoms with Gasteiger partial charge in [-0.1, -0.05) is 23.7 Å². The van der Waals surface area contributed by atoms with E-state index in [1.54, 1.807) is 24.2 Å². The monoisotopic (exact) mass is 595 g/mol. The summed E-state index contributed by atoms with van der Waals surface area (Å²) in [5.74, 6) is -0.976. The van der Waals surface area contributed by atoms with Crippen LogP contribution in [0.2, 0.25) is 5.15 Å². The number of carboxylic acids is 1. The van der Waals surface area contributed by atoms with Crippen LogP contribution in [0.1, 0.15) is 30.1 Å². The van der Waals surface area contributed by atoms with E-state index in [4.69, 9.17) is 36.3 Å². The minimum Gasteiger partial charge on any atom is -0.494 e. The van der Waals surface area contributed by atoms with Crippen LogP contribution in [-0.2, 0) is 11.3 Å². The van der Waals surface area contributed by atoms with E-state index in [-0.39, 0.29) is 11.7 Å². The van der Waals surface area contributed by atoms with Crippen LogP contribution in [0.25, 0.3) is 5.69 Å². The Morgan fingerprint density at radius 2 is 1.90 bits per heavy atom. The summed E-state index contributed by atoms with van der Waals surface area (Å²) in [6.07, 6.45) is 0.0556. The van der Waals surface area contributed by atoms with E-state index in [9.17, 15) is 17.6 Å². The first-order valence-electron chi connectivity index (χ1n) is 12.3. The average molecular weight is 596 g/mol. The molecule has 0 amide bonds. The average Bonchev–Trinajstić information content (AvgIpc) is 3.50. The lowest BCUT2D eigenvalue weighted by atomic mass is 9.91. The van der Waals surface area contributed by atoms with E-state index >= 15 is 0 Å². The highest BCUT2D eigenvalue weighted by Crippen LogP contribution is 2.34. The van der Waals surface area contributed by atoms with Crippen molar-refractivity contribution in [3.63, 3.8) is 0 Å². The molecule has 0 bridgehead atoms. The van der Waals surface area contributed by atoms with Gasteiger partial charge in [0.15, 0.2) is 0 Å². The number of carboxylic acid groups (broad SMARTS) is 1. The molecule has 218 valence electrons. The van der Waals surface area contributed by atoms with Crippen molar-refractivity contribution in [2.75, 3.05) is 19.5 Å². The Morgan fingerprint density at radius 1 is 1.20 bits per heavy atom. The molecule has 2 atom stereocenters. The molecule has 2 aromatic heterocycles. The summed E-state index contributed by atoms with van der Waals surface area (Å²) in [5, 5.41) is 18.9. The number of rotatable bonds is 6. The number of halogens is 5. The van der Waals surface area contributed by atoms with E-state index in [2.05, 4.69) is 15.6 Å². The van der Waals surface area contributed by atoms with Crippen molar-refractivity contribution in [3.8, 4) is 11.4 Å². The molecule has 10 nitrogen and oxygen atoms in total. The molecule has 0 spiro atoms. The Balaban J connectivity index is 0.000000493. The molecule has 2 unspecified atom stereocenters. The number of nitrogens with one attached hydrogen (secondary N) is 2. The number of ether oxygens (including phenoxy) is 1. The van der Waals surface area contributed by atoms with Crippen molar-refractivity contribution in [1.29, 1.82) is 0 Å². The Morgan fingerprint density at radius 3 is 2.49 bits per heavy atom. The second-order valence-electron chi connectivity index (χ2n) is 9.05. The third-order valence-electron chi connectivity index (χ3n) is 6.41. The van der Waals surface area contributed by atoms with Gasteiger partial charge in [-0.2, -0.15) is 18.2 Å². The van der Waals surface area contributed by atoms with E-state index in [1.165, 1.54) is 12.1 Å². The van der Waals surface area contributed by atoms with Crippen LogP contribution >= 0.6 is 11.6 Å². The number of aliphatic carboxylic acids is 1. The zero-order valence-corrected chi connectivity index (χ0v) is 22.6. The van der Waals surface area contributed by atoms with Crippen LogP contribution in [0, 0.1) is 5.82 Å². The molecular weight excluding hydrogens is 570 g/mol. The van der Waals surface area contributed by atoms with Crippen molar-refractivity contribution >= 4 is 29.2 Å². The van der Waals surface area contributed by atoms with E-state index < -0.39 is 12.1 Å². The normalized spacial score (nSPS) is 16.7. The molecule has 3 heterocycles. The maximum Gasteiger partial charge on any atom is 0.490 e. The maximum absolute atomic E-state index is 13.5. The third kappa shape index (κ3) is 7.32. The first kappa shape index (κ1) is 29.8. The Kier molecular flexibility index (Phi) is 9.13. The first-order valence-corrected chi connectivity index (χ1v) is 12.7. The van der Waals surface area contributed by atoms with Gasteiger partial charge in [0.25, 0.3) is 0 Å². The van der Waals surface area contributed by atoms with Gasteiger partial charge in [-0.3, -0.25) is 0 Å². The molecule has 1 aliphatic heterocycles. The van der Waals surface area contributed by atoms with Crippen molar-refractivity contribution in [2.45, 2.75) is 37.5 Å². The lowest BCUT2D eigenvalue weighted by Gasteiger charge is -2.19. The second-order valence-corrected chi connectivity index (χ2v) is 9.44. The smallest absolute Gasteiger partial charge is 0.490 e. The van der Waals surface area contributed by atoms with Crippen LogP contribution in [0.4, 0.5) is 29.2 Å². The molecule has 2 aromatic carbocycles. The van der Waals surface area contributed by atoms with Gasteiger partial charge in [-0.05, 0) is 49.7 Å². The fraction of sp³-hybridized carbons (Fsp3) is 0.308. The van der Waals surface area contributed by atoms with Gasteiger partial charge in [0.2, 0.25) is 5.95 Å². The highest BCUT2D eigenvalue weighted by Gasteiger charge is 2.38. The molecule has 0 saturated carbocycles. The largest absolute Gasteiger partial charge is 0.494 e. The Hall–Kier alpha value is -4.17. The summed E-state index contributed by atoms with van der Waals surface area (Å²) >= 11 is 5.96. The molecule has 0 radical (unpaired) electrons. The SMILES string of the molecule is CNC1CCn2nc(Nc3ccc(-n4cnc(Cl)c4)c(OC)c3)nc2C(c2ccc(F)cc2)C1.O=C(O)C(F)(F)F. The van der Waals surface area contributed by atoms with Crippen molar-refractivity contribution < 1.29 is 32.2 Å². The molecule has 0 fully saturated rings. The van der Waals surface area contributed by atoms with E-state index in [1.807, 2.05) is 42.1 Å². The minimum atomic E-state index is -5.08. The van der Waals surface area contributed by atoms with Crippen LogP contribution in [0.5, 0.6) is 5.75 Å². The number of alkyl halides is 3. The number of nitrogens with zero attached hydrogens (tertiary/aromatic N) is 5. The van der Waals surface area contributed by atoms with Crippen molar-refractivity contribution in [3.05, 3.63) is 77.3 Å². The summed E-state index contributed by atoms with van der Waals surface area (Å²) in [5.41, 5.74) is 2.63. The lowest BCUT2D eigenvalue weighted by molar-refractivity contribution is -0.192. The number of hydrogen-bond acceptors (Lipinski definition) is 7. The number of benzene rings is 2. The van der Waals surface area contributed by atoms with E-state index in [0.717, 1.165) is 42.1 Å². The molecule has 41 heavy (non-hydrogen) atoms. The number of hydrogen-bond donors (Lipinski definition) is 3. The van der Waals surface area contributed by atoms with E-state index in [0.29, 0.717) is 22.9 Å². The molecule has 3 N–H and O–H groups in total. The predicted molar refractivity (Wildman–Crippen MR) is 142 cm³/mol. The topological polar surface area (TPSA) is 119 Å². The highest BCUT2D eigenvalue weighted by molar-refractivity contribution is 6.29. The van der Waals surface area contributed by atoms with Gasteiger partial charge in [-0.15, -0.1) is 5.10 Å². The van der Waals surface area contributed by atoms with Gasteiger partial charge in [0.1, 0.15) is 28.9 Å². The first-order chi connectivity index (χ1) is 19.5. The summed E-state index contributed by atoms with van der Waals surface area (Å²) in [7, 11) is 3.58. The number of imidazole rings is 1. The summed E-state index contributed by atoms with van der Waals surface area (Å²) in [6.45, 7) is 0.747. The van der Waals surface area contributed by atoms with Crippen LogP contribution in [0.15, 0.2) is 55.0 Å². The molecule has 0 aliphatic carbocycles. The summed E-state index contributed by atoms with van der Waals surface area (Å²) in [4.78, 5) is 17.8. The quantitative estimate of drug-likeness (QED) is 0.262. The van der Waals surface area contributed by atoms with Crippen molar-refractivity contribution in [2.24, 2.45) is 0 Å². The van der Waals surface area contributed by atoms with Crippen LogP contribution in [-0.4, -0.2) is 61.8 Å². The van der Waals surface area contributed by atoms with Gasteiger partial charge in [0, 0.05) is 36.5 Å². The third-order valence-corrected chi connectivity index (χ3v) is 6.61. The molecular formula is C26H26ClF4N7O3. The van der Waals surface area contributed by atoms with Gasteiger partial charge >= 0.3 is 12.1 Å². The van der Waals surface area contributed by atoms with Gasteiger partial charge < -0.3 is 25.0 Å². The predicted octanol–water partition coefficient (Wildman–Crippen LogP) is 5.16. The maximum atomic E-state index is 13.5. The number of fused-ring (bicyclic) bond motifs is 1. The lowest BCUT2D eigenvalue weighted by Crippen LogP contribution is -2.26. The Labute approximate surface area is 236 Å². The number of methoxy groups -OCH3 is 1. The summed E-state index contributed by atoms with van der Waals surface area (Å²) < 4.78 is 54.6. The minimum absolute atomic E-state index is 0.00602. The number of aromatic nitrogens is 5. The fourth-order valence-corrected chi connectivity index (χ4v) is 4.53. The molecule has 4 aromatic rings. The Bertz CT molecular complexity index is 1490. The number of anilines is 2. The molecule has 0 saturated heterocycles. The van der Waals surface area contributed by atoms with Crippen LogP contribution in [0.3, 0.4) is 0 Å². The zero-order chi connectivity index (χ0) is 29.7. The number of aryl methyl sites for hydroxylation is 1.